The van der Waals surface area contributed by atoms with Crippen molar-refractivity contribution in [3.8, 4) is 17.3 Å². The maximum atomic E-state index is 5.53. The Morgan fingerprint density at radius 2 is 2.04 bits per heavy atom. The molecule has 0 N–H and O–H groups in total. The molecule has 0 aliphatic rings. The van der Waals surface area contributed by atoms with Crippen molar-refractivity contribution in [1.29, 1.82) is 0 Å². The molecule has 0 saturated heterocycles. The topological polar surface area (TPSA) is 78.0 Å². The van der Waals surface area contributed by atoms with E-state index >= 15 is 0 Å². The van der Waals surface area contributed by atoms with Crippen molar-refractivity contribution in [2.75, 3.05) is 7.05 Å². The summed E-state index contributed by atoms with van der Waals surface area (Å²) in [5.41, 5.74) is 2.13. The van der Waals surface area contributed by atoms with Gasteiger partial charge >= 0.3 is 0 Å². The molecule has 1 atom stereocenters. The minimum Gasteiger partial charge on any atom is -0.459 e. The average molecular weight is 382 g/mol. The average Bonchev–Trinajstić information content (AvgIpc) is 3.44. The van der Waals surface area contributed by atoms with Gasteiger partial charge in [-0.15, -0.1) is 5.10 Å². The van der Waals surface area contributed by atoms with Crippen molar-refractivity contribution in [2.24, 2.45) is 0 Å². The van der Waals surface area contributed by atoms with Gasteiger partial charge in [-0.25, -0.2) is 14.3 Å². The van der Waals surface area contributed by atoms with Crippen LogP contribution >= 0.6 is 12.2 Å². The first-order chi connectivity index (χ1) is 13.1. The van der Waals surface area contributed by atoms with Crippen molar-refractivity contribution < 1.29 is 8.83 Å². The molecule has 3 aromatic heterocycles. The number of aromatic nitrogens is 5. The summed E-state index contributed by atoms with van der Waals surface area (Å²) in [6, 6.07) is 11.9. The molecular weight excluding hydrogens is 364 g/mol. The molecule has 9 heteroatoms. The third kappa shape index (κ3) is 3.60. The van der Waals surface area contributed by atoms with Gasteiger partial charge in [-0.3, -0.25) is 4.90 Å². The predicted octanol–water partition coefficient (Wildman–Crippen LogP) is 3.70. The van der Waals surface area contributed by atoms with Gasteiger partial charge in [0.25, 0.3) is 10.7 Å². The summed E-state index contributed by atoms with van der Waals surface area (Å²) in [4.78, 5) is 6.41. The van der Waals surface area contributed by atoms with Crippen molar-refractivity contribution in [3.05, 3.63) is 65.7 Å². The lowest BCUT2D eigenvalue weighted by Gasteiger charge is -2.24. The molecule has 0 fully saturated rings. The zero-order valence-corrected chi connectivity index (χ0v) is 15.7. The van der Waals surface area contributed by atoms with Gasteiger partial charge in [-0.05, 0) is 56.0 Å². The highest BCUT2D eigenvalue weighted by Gasteiger charge is 2.16. The van der Waals surface area contributed by atoms with E-state index in [0.29, 0.717) is 23.2 Å². The SMILES string of the molecule is C[C@@H](c1ccc(-n2cncn2)cc1)N(C)Cn1nc(-c2ccco2)oc1=S. The van der Waals surface area contributed by atoms with E-state index in [1.807, 2.05) is 19.2 Å². The lowest BCUT2D eigenvalue weighted by atomic mass is 10.1. The number of nitrogens with zero attached hydrogens (tertiary/aromatic N) is 6. The van der Waals surface area contributed by atoms with Crippen LogP contribution in [0.5, 0.6) is 0 Å². The predicted molar refractivity (Wildman–Crippen MR) is 101 cm³/mol. The summed E-state index contributed by atoms with van der Waals surface area (Å²) >= 11 is 5.28. The van der Waals surface area contributed by atoms with Gasteiger partial charge in [0.05, 0.1) is 18.6 Å². The Morgan fingerprint density at radius 1 is 1.22 bits per heavy atom. The van der Waals surface area contributed by atoms with Gasteiger partial charge in [0, 0.05) is 6.04 Å². The smallest absolute Gasteiger partial charge is 0.288 e. The van der Waals surface area contributed by atoms with Gasteiger partial charge in [0.1, 0.15) is 12.7 Å². The largest absolute Gasteiger partial charge is 0.459 e. The quantitative estimate of drug-likeness (QED) is 0.471. The van der Waals surface area contributed by atoms with Gasteiger partial charge in [-0.2, -0.15) is 5.10 Å². The summed E-state index contributed by atoms with van der Waals surface area (Å²) < 4.78 is 14.2. The van der Waals surface area contributed by atoms with E-state index in [9.17, 15) is 0 Å². The molecule has 3 heterocycles. The van der Waals surface area contributed by atoms with Crippen LogP contribution in [-0.4, -0.2) is 36.5 Å². The Balaban J connectivity index is 1.48. The van der Waals surface area contributed by atoms with Crippen LogP contribution in [0.4, 0.5) is 0 Å². The third-order valence-corrected chi connectivity index (χ3v) is 4.71. The maximum absolute atomic E-state index is 5.53. The first-order valence-electron chi connectivity index (χ1n) is 8.39. The molecule has 4 aromatic rings. The highest BCUT2D eigenvalue weighted by atomic mass is 32.1. The van der Waals surface area contributed by atoms with E-state index < -0.39 is 0 Å². The minimum absolute atomic E-state index is 0.153. The Morgan fingerprint density at radius 3 is 2.70 bits per heavy atom. The zero-order chi connectivity index (χ0) is 18.8. The molecule has 0 radical (unpaired) electrons. The zero-order valence-electron chi connectivity index (χ0n) is 14.9. The fourth-order valence-electron chi connectivity index (χ4n) is 2.73. The highest BCUT2D eigenvalue weighted by molar-refractivity contribution is 7.71. The lowest BCUT2D eigenvalue weighted by Crippen LogP contribution is -2.26. The molecule has 0 amide bonds. The Hall–Kier alpha value is -3.04. The normalized spacial score (nSPS) is 12.6. The van der Waals surface area contributed by atoms with Crippen molar-refractivity contribution >= 4 is 12.2 Å². The van der Waals surface area contributed by atoms with Crippen LogP contribution in [0.3, 0.4) is 0 Å². The molecule has 0 saturated carbocycles. The standard InChI is InChI=1S/C18H18N6O2S/c1-13(14-5-7-15(8-6-14)23-11-19-10-20-23)22(2)12-24-18(27)26-17(21-24)16-4-3-9-25-16/h3-11,13H,12H2,1-2H3/t13-/m0/s1. The Bertz CT molecular complexity index is 1050. The van der Waals surface area contributed by atoms with Crippen LogP contribution in [0, 0.1) is 4.84 Å². The fraction of sp³-hybridized carbons (Fsp3) is 0.222. The Labute approximate surface area is 160 Å². The second kappa shape index (κ2) is 7.29. The van der Waals surface area contributed by atoms with E-state index in [0.717, 1.165) is 5.69 Å². The Kier molecular flexibility index (Phi) is 4.69. The number of furan rings is 1. The minimum atomic E-state index is 0.153. The molecule has 0 aliphatic carbocycles. The highest BCUT2D eigenvalue weighted by Crippen LogP contribution is 2.22. The summed E-state index contributed by atoms with van der Waals surface area (Å²) in [5.74, 6) is 0.933. The van der Waals surface area contributed by atoms with Gasteiger partial charge in [0.2, 0.25) is 0 Å². The second-order valence-electron chi connectivity index (χ2n) is 6.16. The van der Waals surface area contributed by atoms with E-state index in [1.165, 1.54) is 11.9 Å². The molecular formula is C18H18N6O2S. The number of hydrogen-bond donors (Lipinski definition) is 0. The number of hydrogen-bond acceptors (Lipinski definition) is 7. The monoisotopic (exact) mass is 382 g/mol. The van der Waals surface area contributed by atoms with E-state index in [4.69, 9.17) is 21.1 Å². The van der Waals surface area contributed by atoms with Crippen LogP contribution in [0.15, 0.2) is 64.2 Å². The maximum Gasteiger partial charge on any atom is 0.288 e. The third-order valence-electron chi connectivity index (χ3n) is 4.42. The van der Waals surface area contributed by atoms with E-state index in [2.05, 4.69) is 39.1 Å². The molecule has 8 nitrogen and oxygen atoms in total. The summed E-state index contributed by atoms with van der Waals surface area (Å²) in [6.45, 7) is 2.62. The van der Waals surface area contributed by atoms with Crippen molar-refractivity contribution in [3.63, 3.8) is 0 Å². The number of benzene rings is 1. The van der Waals surface area contributed by atoms with Crippen molar-refractivity contribution in [2.45, 2.75) is 19.6 Å². The van der Waals surface area contributed by atoms with Crippen molar-refractivity contribution in [1.82, 2.24) is 29.4 Å². The molecule has 4 rings (SSSR count). The lowest BCUT2D eigenvalue weighted by molar-refractivity contribution is 0.192. The molecule has 27 heavy (non-hydrogen) atoms. The molecule has 0 unspecified atom stereocenters. The summed E-state index contributed by atoms with van der Waals surface area (Å²) in [6.07, 6.45) is 4.76. The van der Waals surface area contributed by atoms with Crippen LogP contribution < -0.4 is 0 Å². The first-order valence-corrected chi connectivity index (χ1v) is 8.79. The summed E-state index contributed by atoms with van der Waals surface area (Å²) in [7, 11) is 2.01. The van der Waals surface area contributed by atoms with Crippen LogP contribution in [0.25, 0.3) is 17.3 Å². The van der Waals surface area contributed by atoms with E-state index in [1.54, 1.807) is 34.1 Å². The molecule has 0 bridgehead atoms. The summed E-state index contributed by atoms with van der Waals surface area (Å²) in [5, 5.41) is 8.55. The number of rotatable bonds is 6. The van der Waals surface area contributed by atoms with E-state index in [-0.39, 0.29) is 6.04 Å². The van der Waals surface area contributed by atoms with Gasteiger partial charge < -0.3 is 8.83 Å². The molecule has 138 valence electrons. The van der Waals surface area contributed by atoms with Gasteiger partial charge in [0.15, 0.2) is 5.76 Å². The van der Waals surface area contributed by atoms with Crippen LogP contribution in [-0.2, 0) is 6.67 Å². The molecule has 1 aromatic carbocycles. The van der Waals surface area contributed by atoms with Gasteiger partial charge in [-0.1, -0.05) is 12.1 Å². The molecule has 0 spiro atoms. The second-order valence-corrected chi connectivity index (χ2v) is 6.51. The fourth-order valence-corrected chi connectivity index (χ4v) is 2.91. The van der Waals surface area contributed by atoms with Crippen LogP contribution in [0.1, 0.15) is 18.5 Å². The molecule has 0 aliphatic heterocycles. The van der Waals surface area contributed by atoms with Crippen LogP contribution in [0.2, 0.25) is 0 Å². The first kappa shape index (κ1) is 17.4.